The summed E-state index contributed by atoms with van der Waals surface area (Å²) in [5.74, 6) is 1.22. The van der Waals surface area contributed by atoms with Gasteiger partial charge >= 0.3 is 6.09 Å². The molecule has 0 radical (unpaired) electrons. The van der Waals surface area contributed by atoms with E-state index >= 15 is 0 Å². The molecule has 1 aliphatic rings. The molecule has 5 nitrogen and oxygen atoms in total. The number of piperidine rings is 1. The first-order valence-electron chi connectivity index (χ1n) is 7.58. The topological polar surface area (TPSA) is 58.6 Å². The zero-order valence-electron chi connectivity index (χ0n) is 13.6. The molecule has 6 heteroatoms. The fourth-order valence-electron chi connectivity index (χ4n) is 2.22. The molecule has 0 atom stereocenters. The van der Waals surface area contributed by atoms with Crippen LogP contribution in [0.3, 0.4) is 0 Å². The molecule has 1 aliphatic heterocycles. The molecule has 1 N–H and O–H groups in total. The summed E-state index contributed by atoms with van der Waals surface area (Å²) in [4.78, 5) is 25.6. The zero-order valence-corrected chi connectivity index (χ0v) is 14.4. The van der Waals surface area contributed by atoms with Gasteiger partial charge in [-0.1, -0.05) is 0 Å². The van der Waals surface area contributed by atoms with Crippen LogP contribution in [0.15, 0.2) is 0 Å². The maximum Gasteiger partial charge on any atom is 0.410 e. The van der Waals surface area contributed by atoms with Crippen molar-refractivity contribution in [3.63, 3.8) is 0 Å². The lowest BCUT2D eigenvalue weighted by Crippen LogP contribution is -2.45. The second kappa shape index (κ2) is 8.51. The molecule has 0 unspecified atom stereocenters. The van der Waals surface area contributed by atoms with Crippen molar-refractivity contribution < 1.29 is 14.3 Å². The molecule has 1 rings (SSSR count). The molecule has 21 heavy (non-hydrogen) atoms. The number of amides is 2. The highest BCUT2D eigenvalue weighted by Crippen LogP contribution is 2.19. The smallest absolute Gasteiger partial charge is 0.410 e. The maximum atomic E-state index is 12.0. The summed E-state index contributed by atoms with van der Waals surface area (Å²) in [6, 6.07) is 0. The molecule has 0 spiro atoms. The molecule has 0 bridgehead atoms. The molecule has 1 saturated heterocycles. The Bertz CT molecular complexity index is 347. The van der Waals surface area contributed by atoms with Crippen LogP contribution in [0.5, 0.6) is 0 Å². The average molecular weight is 316 g/mol. The number of carbonyl (C=O) groups excluding carboxylic acids is 2. The van der Waals surface area contributed by atoms with Gasteiger partial charge < -0.3 is 15.0 Å². The highest BCUT2D eigenvalue weighted by atomic mass is 32.2. The molecule has 0 aromatic rings. The van der Waals surface area contributed by atoms with Crippen molar-refractivity contribution in [3.05, 3.63) is 0 Å². The molecular weight excluding hydrogens is 288 g/mol. The van der Waals surface area contributed by atoms with Gasteiger partial charge in [0.2, 0.25) is 5.91 Å². The Morgan fingerprint density at radius 3 is 2.43 bits per heavy atom. The normalized spacial score (nSPS) is 16.7. The van der Waals surface area contributed by atoms with Crippen molar-refractivity contribution in [2.45, 2.75) is 45.6 Å². The number of likely N-dealkylation sites (tertiary alicyclic amines) is 1. The summed E-state index contributed by atoms with van der Waals surface area (Å²) in [6.07, 6.45) is 4.22. The van der Waals surface area contributed by atoms with Gasteiger partial charge in [-0.2, -0.15) is 11.8 Å². The molecule has 0 saturated carbocycles. The van der Waals surface area contributed by atoms with E-state index in [0.29, 0.717) is 25.9 Å². The van der Waals surface area contributed by atoms with Gasteiger partial charge in [0.1, 0.15) is 5.60 Å². The molecule has 2 amide bonds. The standard InChI is InChI=1S/C15H28N2O3S/c1-15(2,3)20-14(19)17-9-6-12(7-10-17)13(18)16-8-5-11-21-4/h12H,5-11H2,1-4H3,(H,16,18). The predicted octanol–water partition coefficient (Wildman–Crippen LogP) is 2.50. The van der Waals surface area contributed by atoms with Gasteiger partial charge in [-0.05, 0) is 52.0 Å². The first-order valence-corrected chi connectivity index (χ1v) is 8.97. The van der Waals surface area contributed by atoms with Crippen molar-refractivity contribution in [1.82, 2.24) is 10.2 Å². The van der Waals surface area contributed by atoms with Crippen molar-refractivity contribution in [1.29, 1.82) is 0 Å². The third-order valence-corrected chi connectivity index (χ3v) is 4.04. The van der Waals surface area contributed by atoms with E-state index < -0.39 is 5.60 Å². The van der Waals surface area contributed by atoms with Crippen LogP contribution in [-0.4, -0.2) is 54.1 Å². The van der Waals surface area contributed by atoms with Gasteiger partial charge in [-0.15, -0.1) is 0 Å². The molecule has 0 aromatic carbocycles. The molecule has 0 aliphatic carbocycles. The van der Waals surface area contributed by atoms with Crippen molar-refractivity contribution in [2.24, 2.45) is 5.92 Å². The first kappa shape index (κ1) is 18.1. The maximum absolute atomic E-state index is 12.0. The summed E-state index contributed by atoms with van der Waals surface area (Å²) in [6.45, 7) is 7.51. The second-order valence-corrected chi connectivity index (χ2v) is 7.36. The van der Waals surface area contributed by atoms with Crippen LogP contribution in [0.1, 0.15) is 40.0 Å². The number of hydrogen-bond acceptors (Lipinski definition) is 4. The van der Waals surface area contributed by atoms with Crippen LogP contribution < -0.4 is 5.32 Å². The van der Waals surface area contributed by atoms with Gasteiger partial charge in [-0.25, -0.2) is 4.79 Å². The Hall–Kier alpha value is -0.910. The predicted molar refractivity (Wildman–Crippen MR) is 86.5 cm³/mol. The van der Waals surface area contributed by atoms with E-state index in [9.17, 15) is 9.59 Å². The van der Waals surface area contributed by atoms with Gasteiger partial charge in [-0.3, -0.25) is 4.79 Å². The number of thioether (sulfide) groups is 1. The van der Waals surface area contributed by atoms with E-state index in [-0.39, 0.29) is 17.9 Å². The average Bonchev–Trinajstić information content (AvgIpc) is 2.41. The Labute approximate surface area is 132 Å². The summed E-state index contributed by atoms with van der Waals surface area (Å²) in [5, 5.41) is 2.98. The largest absolute Gasteiger partial charge is 0.444 e. The van der Waals surface area contributed by atoms with Crippen LogP contribution in [-0.2, 0) is 9.53 Å². The molecule has 0 aromatic heterocycles. The van der Waals surface area contributed by atoms with Crippen molar-refractivity contribution in [2.75, 3.05) is 31.6 Å². The van der Waals surface area contributed by atoms with Gasteiger partial charge in [0.25, 0.3) is 0 Å². The van der Waals surface area contributed by atoms with Gasteiger partial charge in [0.15, 0.2) is 0 Å². The molecule has 1 heterocycles. The van der Waals surface area contributed by atoms with Crippen molar-refractivity contribution >= 4 is 23.8 Å². The van der Waals surface area contributed by atoms with E-state index in [2.05, 4.69) is 11.6 Å². The summed E-state index contributed by atoms with van der Waals surface area (Å²) >= 11 is 1.79. The lowest BCUT2D eigenvalue weighted by atomic mass is 9.96. The number of rotatable bonds is 5. The zero-order chi connectivity index (χ0) is 15.9. The van der Waals surface area contributed by atoms with Crippen LogP contribution in [0, 0.1) is 5.92 Å². The Balaban J connectivity index is 2.28. The highest BCUT2D eigenvalue weighted by Gasteiger charge is 2.29. The summed E-state index contributed by atoms with van der Waals surface area (Å²) in [7, 11) is 0. The SMILES string of the molecule is CSCCCNC(=O)C1CCN(C(=O)OC(C)(C)C)CC1. The number of nitrogens with one attached hydrogen (secondary N) is 1. The number of nitrogens with zero attached hydrogens (tertiary/aromatic N) is 1. The first-order chi connectivity index (χ1) is 9.83. The lowest BCUT2D eigenvalue weighted by Gasteiger charge is -2.32. The minimum atomic E-state index is -0.470. The van der Waals surface area contributed by atoms with Crippen LogP contribution in [0.4, 0.5) is 4.79 Å². The van der Waals surface area contributed by atoms with Crippen molar-refractivity contribution in [3.8, 4) is 0 Å². The quantitative estimate of drug-likeness (QED) is 0.792. The van der Waals surface area contributed by atoms with E-state index in [1.165, 1.54) is 0 Å². The Morgan fingerprint density at radius 1 is 1.29 bits per heavy atom. The van der Waals surface area contributed by atoms with Crippen LogP contribution >= 0.6 is 11.8 Å². The monoisotopic (exact) mass is 316 g/mol. The number of carbonyl (C=O) groups is 2. The van der Waals surface area contributed by atoms with Gasteiger partial charge in [0.05, 0.1) is 0 Å². The summed E-state index contributed by atoms with van der Waals surface area (Å²) < 4.78 is 5.35. The fourth-order valence-corrected chi connectivity index (χ4v) is 2.66. The minimum absolute atomic E-state index is 0.0259. The Morgan fingerprint density at radius 2 is 1.90 bits per heavy atom. The third-order valence-electron chi connectivity index (χ3n) is 3.34. The molecule has 1 fully saturated rings. The third kappa shape index (κ3) is 7.07. The van der Waals surface area contributed by atoms with E-state index in [1.807, 2.05) is 20.8 Å². The fraction of sp³-hybridized carbons (Fsp3) is 0.867. The second-order valence-electron chi connectivity index (χ2n) is 6.38. The molecule has 122 valence electrons. The van der Waals surface area contributed by atoms with Crippen LogP contribution in [0.2, 0.25) is 0 Å². The van der Waals surface area contributed by atoms with E-state index in [0.717, 1.165) is 18.7 Å². The highest BCUT2D eigenvalue weighted by molar-refractivity contribution is 7.98. The summed E-state index contributed by atoms with van der Waals surface area (Å²) in [5.41, 5.74) is -0.470. The van der Waals surface area contributed by atoms with E-state index in [4.69, 9.17) is 4.74 Å². The minimum Gasteiger partial charge on any atom is -0.444 e. The number of hydrogen-bond donors (Lipinski definition) is 1. The molecular formula is C15H28N2O3S. The Kier molecular flexibility index (Phi) is 7.35. The van der Waals surface area contributed by atoms with Gasteiger partial charge in [0, 0.05) is 25.6 Å². The number of ether oxygens (including phenoxy) is 1. The lowest BCUT2D eigenvalue weighted by molar-refractivity contribution is -0.126. The van der Waals surface area contributed by atoms with E-state index in [1.54, 1.807) is 16.7 Å². The van der Waals surface area contributed by atoms with Crippen LogP contribution in [0.25, 0.3) is 0 Å².